The van der Waals surface area contributed by atoms with Crippen LogP contribution >= 0.6 is 23.2 Å². The third-order valence-corrected chi connectivity index (χ3v) is 7.80. The van der Waals surface area contributed by atoms with Crippen LogP contribution in [0.3, 0.4) is 0 Å². The van der Waals surface area contributed by atoms with Crippen molar-refractivity contribution in [1.29, 1.82) is 0 Å². The number of allylic oxidation sites excluding steroid dienone is 1. The average molecular weight is 593 g/mol. The maximum atomic E-state index is 14.2. The fourth-order valence-electron chi connectivity index (χ4n) is 4.54. The van der Waals surface area contributed by atoms with E-state index >= 15 is 0 Å². The minimum atomic E-state index is -0.288. The van der Waals surface area contributed by atoms with E-state index in [1.54, 1.807) is 29.0 Å². The molecule has 0 spiro atoms. The van der Waals surface area contributed by atoms with Crippen molar-refractivity contribution in [2.75, 3.05) is 31.4 Å². The third kappa shape index (κ3) is 6.19. The molecule has 212 valence electrons. The van der Waals surface area contributed by atoms with Gasteiger partial charge in [0.25, 0.3) is 5.56 Å². The maximum Gasteiger partial charge on any atom is 0.260 e. The van der Waals surface area contributed by atoms with Gasteiger partial charge < -0.3 is 20.1 Å². The highest BCUT2D eigenvalue weighted by Crippen LogP contribution is 2.45. The Morgan fingerprint density at radius 1 is 1.12 bits per heavy atom. The second-order valence-electron chi connectivity index (χ2n) is 9.90. The lowest BCUT2D eigenvalue weighted by Crippen LogP contribution is -2.24. The van der Waals surface area contributed by atoms with E-state index in [-0.39, 0.29) is 15.6 Å². The minimum absolute atomic E-state index is 0.217. The lowest BCUT2D eigenvalue weighted by atomic mass is 10.0. The van der Waals surface area contributed by atoms with Gasteiger partial charge in [-0.05, 0) is 55.0 Å². The van der Waals surface area contributed by atoms with E-state index in [1.165, 1.54) is 27.1 Å². The monoisotopic (exact) mass is 591 g/mol. The Bertz CT molecular complexity index is 1650. The van der Waals surface area contributed by atoms with Gasteiger partial charge in [-0.2, -0.15) is 4.98 Å². The molecule has 4 aromatic rings. The van der Waals surface area contributed by atoms with Gasteiger partial charge in [0.05, 0.1) is 29.8 Å². The van der Waals surface area contributed by atoms with Crippen molar-refractivity contribution in [3.63, 3.8) is 0 Å². The number of anilines is 2. The molecule has 0 amide bonds. The number of methoxy groups -OCH3 is 2. The van der Waals surface area contributed by atoms with Crippen LogP contribution in [0.5, 0.6) is 11.5 Å². The molecule has 2 aromatic carbocycles. The summed E-state index contributed by atoms with van der Waals surface area (Å²) in [5.41, 5.74) is 3.53. The summed E-state index contributed by atoms with van der Waals surface area (Å²) < 4.78 is 12.5. The highest BCUT2D eigenvalue weighted by molar-refractivity contribution is 6.41. The molecule has 1 aliphatic rings. The minimum Gasteiger partial charge on any atom is -0.495 e. The van der Waals surface area contributed by atoms with Crippen molar-refractivity contribution in [1.82, 2.24) is 14.5 Å². The predicted molar refractivity (Wildman–Crippen MR) is 167 cm³/mol. The number of nitrogens with one attached hydrogen (secondary N) is 2. The summed E-state index contributed by atoms with van der Waals surface area (Å²) in [6, 6.07) is 11.3. The van der Waals surface area contributed by atoms with Gasteiger partial charge in [0, 0.05) is 47.7 Å². The molecule has 2 heterocycles. The van der Waals surface area contributed by atoms with Crippen molar-refractivity contribution in [2.45, 2.75) is 25.8 Å². The molecule has 5 rings (SSSR count). The van der Waals surface area contributed by atoms with E-state index in [0.717, 1.165) is 17.8 Å². The number of ether oxygens (including phenoxy) is 2. The molecule has 2 N–H and O–H groups in total. The van der Waals surface area contributed by atoms with E-state index in [4.69, 9.17) is 37.7 Å². The smallest absolute Gasteiger partial charge is 0.260 e. The van der Waals surface area contributed by atoms with Gasteiger partial charge >= 0.3 is 0 Å². The van der Waals surface area contributed by atoms with Crippen LogP contribution in [-0.4, -0.2) is 35.3 Å². The third-order valence-electron chi connectivity index (χ3n) is 7.05. The van der Waals surface area contributed by atoms with Crippen molar-refractivity contribution in [3.8, 4) is 22.6 Å². The molecule has 0 atom stereocenters. The first-order chi connectivity index (χ1) is 19.8. The lowest BCUT2D eigenvalue weighted by molar-refractivity contribution is 0.395. The molecule has 41 heavy (non-hydrogen) atoms. The normalized spacial score (nSPS) is 12.7. The van der Waals surface area contributed by atoms with Gasteiger partial charge in [-0.25, -0.2) is 4.98 Å². The number of rotatable bonds is 12. The topological polar surface area (TPSA) is 90.3 Å². The Morgan fingerprint density at radius 3 is 2.41 bits per heavy atom. The summed E-state index contributed by atoms with van der Waals surface area (Å²) in [6.45, 7) is 8.78. The van der Waals surface area contributed by atoms with Crippen LogP contribution in [0.2, 0.25) is 10.0 Å². The Kier molecular flexibility index (Phi) is 8.52. The molecule has 0 saturated heterocycles. The molecule has 2 aromatic heterocycles. The molecule has 0 bridgehead atoms. The zero-order chi connectivity index (χ0) is 29.1. The number of nitrogens with zero attached hydrogens (tertiary/aromatic N) is 3. The second kappa shape index (κ2) is 12.2. The quantitative estimate of drug-likeness (QED) is 0.172. The predicted octanol–water partition coefficient (Wildman–Crippen LogP) is 6.96. The Morgan fingerprint density at radius 2 is 1.80 bits per heavy atom. The highest BCUT2D eigenvalue weighted by atomic mass is 35.5. The Balaban J connectivity index is 1.58. The molecule has 0 aliphatic heterocycles. The van der Waals surface area contributed by atoms with E-state index < -0.39 is 0 Å². The zero-order valence-electron chi connectivity index (χ0n) is 23.0. The van der Waals surface area contributed by atoms with Crippen molar-refractivity contribution < 1.29 is 9.47 Å². The van der Waals surface area contributed by atoms with Gasteiger partial charge in [-0.15, -0.1) is 0 Å². The molecular weight excluding hydrogens is 561 g/mol. The maximum absolute atomic E-state index is 14.2. The standard InChI is InChI=1S/C31H31Cl2N5O3/c1-5-18(2)36-22-10-8-19(9-11-22)12-13-38-29-21(17-35-31(37-29)34-16-20-6-7-20)14-23(30(38)39)26-27(32)24(40-3)15-25(41-4)28(26)33/h5,8-11,14-15,17,20,36H,1-2,6-7,12-13,16H2,3-4H3,(H,34,35,37). The fourth-order valence-corrected chi connectivity index (χ4v) is 5.25. The molecular formula is C31H31Cl2N5O3. The summed E-state index contributed by atoms with van der Waals surface area (Å²) in [5.74, 6) is 1.82. The zero-order valence-corrected chi connectivity index (χ0v) is 24.5. The molecule has 1 aliphatic carbocycles. The number of fused-ring (bicyclic) bond motifs is 1. The second-order valence-corrected chi connectivity index (χ2v) is 10.7. The molecule has 1 fully saturated rings. The summed E-state index contributed by atoms with van der Waals surface area (Å²) in [5, 5.41) is 7.59. The number of aryl methyl sites for hydroxylation is 2. The van der Waals surface area contributed by atoms with Crippen molar-refractivity contribution >= 4 is 45.9 Å². The van der Waals surface area contributed by atoms with Gasteiger partial charge in [-0.3, -0.25) is 9.36 Å². The van der Waals surface area contributed by atoms with Crippen LogP contribution in [0.15, 0.2) is 72.3 Å². The first-order valence-corrected chi connectivity index (χ1v) is 14.0. The number of hydrogen-bond acceptors (Lipinski definition) is 7. The van der Waals surface area contributed by atoms with Gasteiger partial charge in [0.1, 0.15) is 17.1 Å². The number of pyridine rings is 1. The van der Waals surface area contributed by atoms with Crippen LogP contribution in [-0.2, 0) is 13.0 Å². The van der Waals surface area contributed by atoms with Gasteiger partial charge in [0.15, 0.2) is 0 Å². The van der Waals surface area contributed by atoms with Crippen molar-refractivity contribution in [3.05, 3.63) is 93.5 Å². The SMILES string of the molecule is C=CC(=C)Nc1ccc(CCn2c(=O)c(-c3c(Cl)c(OC)cc(OC)c3Cl)cc3cnc(NCC4CC4)nc32)cc1. The van der Waals surface area contributed by atoms with E-state index in [0.29, 0.717) is 64.2 Å². The Labute approximate surface area is 248 Å². The van der Waals surface area contributed by atoms with Gasteiger partial charge in [-0.1, -0.05) is 48.5 Å². The molecule has 0 radical (unpaired) electrons. The number of aromatic nitrogens is 3. The van der Waals surface area contributed by atoms with E-state index in [9.17, 15) is 4.79 Å². The van der Waals surface area contributed by atoms with E-state index in [2.05, 4.69) is 28.8 Å². The summed E-state index contributed by atoms with van der Waals surface area (Å²) in [4.78, 5) is 23.4. The van der Waals surface area contributed by atoms with Crippen LogP contribution in [0.4, 0.5) is 11.6 Å². The highest BCUT2D eigenvalue weighted by Gasteiger charge is 2.24. The average Bonchev–Trinajstić information content (AvgIpc) is 3.81. The van der Waals surface area contributed by atoms with Crippen LogP contribution in [0, 0.1) is 5.92 Å². The number of benzene rings is 2. The Hall–Kier alpha value is -4.01. The number of hydrogen-bond donors (Lipinski definition) is 2. The summed E-state index contributed by atoms with van der Waals surface area (Å²) in [6.07, 6.45) is 6.36. The van der Waals surface area contributed by atoms with Gasteiger partial charge in [0.2, 0.25) is 5.95 Å². The first kappa shape index (κ1) is 28.5. The first-order valence-electron chi connectivity index (χ1n) is 13.2. The van der Waals surface area contributed by atoms with Crippen LogP contribution in [0.25, 0.3) is 22.2 Å². The molecule has 0 unspecified atom stereocenters. The molecule has 1 saturated carbocycles. The van der Waals surface area contributed by atoms with E-state index in [1.807, 2.05) is 24.3 Å². The number of halogens is 2. The molecule has 10 heteroatoms. The lowest BCUT2D eigenvalue weighted by Gasteiger charge is -2.17. The fraction of sp³-hybridized carbons (Fsp3) is 0.258. The van der Waals surface area contributed by atoms with Crippen molar-refractivity contribution in [2.24, 2.45) is 5.92 Å². The van der Waals surface area contributed by atoms with Crippen LogP contribution in [0.1, 0.15) is 18.4 Å². The molecule has 8 nitrogen and oxygen atoms in total. The van der Waals surface area contributed by atoms with Crippen LogP contribution < -0.4 is 25.7 Å². The summed E-state index contributed by atoms with van der Waals surface area (Å²) in [7, 11) is 2.99. The summed E-state index contributed by atoms with van der Waals surface area (Å²) >= 11 is 13.4. The largest absolute Gasteiger partial charge is 0.495 e.